The van der Waals surface area contributed by atoms with Gasteiger partial charge in [-0.15, -0.1) is 11.3 Å². The summed E-state index contributed by atoms with van der Waals surface area (Å²) in [5.74, 6) is -1.91. The maximum atomic E-state index is 13.0. The fourth-order valence-electron chi connectivity index (χ4n) is 2.90. The van der Waals surface area contributed by atoms with Gasteiger partial charge < -0.3 is 10.4 Å². The molecule has 6 heteroatoms. The van der Waals surface area contributed by atoms with Crippen molar-refractivity contribution in [2.24, 2.45) is 5.92 Å². The smallest absolute Gasteiger partial charge is 0.308 e. The largest absolute Gasteiger partial charge is 0.481 e. The van der Waals surface area contributed by atoms with Crippen LogP contribution < -0.4 is 5.32 Å². The minimum absolute atomic E-state index is 0.249. The van der Waals surface area contributed by atoms with Crippen LogP contribution in [0.15, 0.2) is 36.4 Å². The summed E-state index contributed by atoms with van der Waals surface area (Å²) in [6.45, 7) is 0. The molecule has 1 aromatic carbocycles. The molecule has 1 fully saturated rings. The van der Waals surface area contributed by atoms with Crippen molar-refractivity contribution in [2.75, 3.05) is 0 Å². The van der Waals surface area contributed by atoms with Crippen LogP contribution in [0.3, 0.4) is 0 Å². The SMILES string of the molecule is O=C(N[C@H]1CCC[C@H]1C(=O)O)c1ccc(-c2ccc(F)cc2)s1. The van der Waals surface area contributed by atoms with E-state index < -0.39 is 11.9 Å². The van der Waals surface area contributed by atoms with Crippen LogP contribution in [0, 0.1) is 11.7 Å². The molecule has 120 valence electrons. The molecule has 1 aliphatic carbocycles. The van der Waals surface area contributed by atoms with Crippen molar-refractivity contribution < 1.29 is 19.1 Å². The minimum atomic E-state index is -0.856. The van der Waals surface area contributed by atoms with E-state index in [-0.39, 0.29) is 17.8 Å². The molecule has 2 N–H and O–H groups in total. The molecule has 1 amide bonds. The molecule has 2 atom stereocenters. The maximum absolute atomic E-state index is 13.0. The standard InChI is InChI=1S/C17H16FNO3S/c18-11-6-4-10(5-7-11)14-8-9-15(23-14)16(20)19-13-3-1-2-12(13)17(21)22/h4-9,12-13H,1-3H2,(H,19,20)(H,21,22)/t12-,13+/m1/s1. The number of carbonyl (C=O) groups is 2. The van der Waals surface area contributed by atoms with E-state index in [2.05, 4.69) is 5.32 Å². The topological polar surface area (TPSA) is 66.4 Å². The van der Waals surface area contributed by atoms with E-state index in [1.165, 1.54) is 23.5 Å². The number of halogens is 1. The third kappa shape index (κ3) is 3.42. The molecule has 4 nitrogen and oxygen atoms in total. The first-order valence-electron chi connectivity index (χ1n) is 7.44. The van der Waals surface area contributed by atoms with Crippen LogP contribution in [0.1, 0.15) is 28.9 Å². The van der Waals surface area contributed by atoms with Crippen molar-refractivity contribution in [3.05, 3.63) is 47.1 Å². The number of hydrogen-bond acceptors (Lipinski definition) is 3. The van der Waals surface area contributed by atoms with Gasteiger partial charge in [-0.1, -0.05) is 18.6 Å². The first kappa shape index (κ1) is 15.7. The van der Waals surface area contributed by atoms with Crippen LogP contribution in [0.5, 0.6) is 0 Å². The highest BCUT2D eigenvalue weighted by Gasteiger charge is 2.34. The van der Waals surface area contributed by atoms with E-state index in [9.17, 15) is 14.0 Å². The van der Waals surface area contributed by atoms with Crippen molar-refractivity contribution in [3.63, 3.8) is 0 Å². The summed E-state index contributed by atoms with van der Waals surface area (Å²) >= 11 is 1.31. The van der Waals surface area contributed by atoms with E-state index in [1.54, 1.807) is 18.2 Å². The Morgan fingerprint density at radius 3 is 2.57 bits per heavy atom. The number of rotatable bonds is 4. The molecular weight excluding hydrogens is 317 g/mol. The number of amides is 1. The van der Waals surface area contributed by atoms with Crippen LogP contribution in [-0.2, 0) is 4.79 Å². The highest BCUT2D eigenvalue weighted by Crippen LogP contribution is 2.30. The summed E-state index contributed by atoms with van der Waals surface area (Å²) in [6, 6.07) is 9.31. The summed E-state index contributed by atoms with van der Waals surface area (Å²) in [4.78, 5) is 24.9. The van der Waals surface area contributed by atoms with E-state index in [0.717, 1.165) is 16.9 Å². The van der Waals surface area contributed by atoms with Crippen molar-refractivity contribution in [1.29, 1.82) is 0 Å². The van der Waals surface area contributed by atoms with Crippen LogP contribution in [-0.4, -0.2) is 23.0 Å². The third-order valence-electron chi connectivity index (χ3n) is 4.11. The van der Waals surface area contributed by atoms with E-state index in [1.807, 2.05) is 6.07 Å². The van der Waals surface area contributed by atoms with Gasteiger partial charge in [0.1, 0.15) is 5.82 Å². The Bertz CT molecular complexity index is 726. The molecule has 0 aliphatic heterocycles. The minimum Gasteiger partial charge on any atom is -0.481 e. The molecule has 0 spiro atoms. The second-order valence-electron chi connectivity index (χ2n) is 5.63. The Hall–Kier alpha value is -2.21. The average Bonchev–Trinajstić information content (AvgIpc) is 3.16. The third-order valence-corrected chi connectivity index (χ3v) is 5.24. The Morgan fingerprint density at radius 2 is 1.87 bits per heavy atom. The van der Waals surface area contributed by atoms with Crippen LogP contribution in [0.2, 0.25) is 0 Å². The number of carboxylic acids is 1. The van der Waals surface area contributed by atoms with Crippen molar-refractivity contribution in [3.8, 4) is 10.4 Å². The van der Waals surface area contributed by atoms with Crippen molar-refractivity contribution >= 4 is 23.2 Å². The molecule has 1 saturated carbocycles. The van der Waals surface area contributed by atoms with E-state index >= 15 is 0 Å². The highest BCUT2D eigenvalue weighted by molar-refractivity contribution is 7.17. The quantitative estimate of drug-likeness (QED) is 0.899. The van der Waals surface area contributed by atoms with Crippen LogP contribution in [0.25, 0.3) is 10.4 Å². The van der Waals surface area contributed by atoms with Crippen LogP contribution >= 0.6 is 11.3 Å². The molecular formula is C17H16FNO3S. The second-order valence-corrected chi connectivity index (χ2v) is 6.71. The number of carboxylic acid groups (broad SMARTS) is 1. The summed E-state index contributed by atoms with van der Waals surface area (Å²) in [5, 5.41) is 12.0. The number of carbonyl (C=O) groups excluding carboxylic acids is 1. The number of aliphatic carboxylic acids is 1. The Labute approximate surface area is 137 Å². The summed E-state index contributed by atoms with van der Waals surface area (Å²) in [6.07, 6.45) is 2.11. The van der Waals surface area contributed by atoms with E-state index in [0.29, 0.717) is 17.7 Å². The fourth-order valence-corrected chi connectivity index (χ4v) is 3.81. The fraction of sp³-hybridized carbons (Fsp3) is 0.294. The first-order chi connectivity index (χ1) is 11.0. The molecule has 23 heavy (non-hydrogen) atoms. The number of hydrogen-bond donors (Lipinski definition) is 2. The molecule has 2 aromatic rings. The predicted octanol–water partition coefficient (Wildman–Crippen LogP) is 3.54. The molecule has 1 aliphatic rings. The monoisotopic (exact) mass is 333 g/mol. The number of thiophene rings is 1. The molecule has 3 rings (SSSR count). The van der Waals surface area contributed by atoms with Crippen LogP contribution in [0.4, 0.5) is 4.39 Å². The lowest BCUT2D eigenvalue weighted by Crippen LogP contribution is -2.39. The normalized spacial score (nSPS) is 20.4. The van der Waals surface area contributed by atoms with Crippen molar-refractivity contribution in [2.45, 2.75) is 25.3 Å². The zero-order chi connectivity index (χ0) is 16.4. The number of benzene rings is 1. The summed E-state index contributed by atoms with van der Waals surface area (Å²) < 4.78 is 13.0. The van der Waals surface area contributed by atoms with Gasteiger partial charge in [-0.25, -0.2) is 4.39 Å². The van der Waals surface area contributed by atoms with Gasteiger partial charge >= 0.3 is 5.97 Å². The molecule has 1 heterocycles. The first-order valence-corrected chi connectivity index (χ1v) is 8.25. The Balaban J connectivity index is 1.71. The maximum Gasteiger partial charge on any atom is 0.308 e. The van der Waals surface area contributed by atoms with Gasteiger partial charge in [0.25, 0.3) is 5.91 Å². The van der Waals surface area contributed by atoms with Crippen molar-refractivity contribution in [1.82, 2.24) is 5.32 Å². The van der Waals surface area contributed by atoms with Gasteiger partial charge in [0, 0.05) is 10.9 Å². The summed E-state index contributed by atoms with van der Waals surface area (Å²) in [5.41, 5.74) is 0.847. The van der Waals surface area contributed by atoms with Gasteiger partial charge in [-0.3, -0.25) is 9.59 Å². The van der Waals surface area contributed by atoms with Gasteiger partial charge in [-0.2, -0.15) is 0 Å². The molecule has 0 unspecified atom stereocenters. The summed E-state index contributed by atoms with van der Waals surface area (Å²) in [7, 11) is 0. The zero-order valence-electron chi connectivity index (χ0n) is 12.3. The Kier molecular flexibility index (Phi) is 4.43. The molecule has 0 bridgehead atoms. The Morgan fingerprint density at radius 1 is 1.13 bits per heavy atom. The predicted molar refractivity (Wildman–Crippen MR) is 85.9 cm³/mol. The molecule has 1 aromatic heterocycles. The van der Waals surface area contributed by atoms with Gasteiger partial charge in [0.05, 0.1) is 10.8 Å². The van der Waals surface area contributed by atoms with Gasteiger partial charge in [0.2, 0.25) is 0 Å². The van der Waals surface area contributed by atoms with Gasteiger partial charge in [-0.05, 0) is 42.7 Å². The van der Waals surface area contributed by atoms with E-state index in [4.69, 9.17) is 5.11 Å². The lowest BCUT2D eigenvalue weighted by Gasteiger charge is -2.16. The van der Waals surface area contributed by atoms with Gasteiger partial charge in [0.15, 0.2) is 0 Å². The average molecular weight is 333 g/mol. The molecule has 0 saturated heterocycles. The molecule has 0 radical (unpaired) electrons. The lowest BCUT2D eigenvalue weighted by molar-refractivity contribution is -0.142. The zero-order valence-corrected chi connectivity index (χ0v) is 13.1. The highest BCUT2D eigenvalue weighted by atomic mass is 32.1. The second kappa shape index (κ2) is 6.50. The lowest BCUT2D eigenvalue weighted by atomic mass is 10.0. The number of nitrogens with one attached hydrogen (secondary N) is 1.